The molecule has 0 radical (unpaired) electrons. The Morgan fingerprint density at radius 2 is 1.71 bits per heavy atom. The molecule has 0 saturated carbocycles. The topological polar surface area (TPSA) is 110 Å². The normalized spacial score (nSPS) is 16.9. The molecule has 4 rings (SSSR count). The maximum absolute atomic E-state index is 16.0. The maximum atomic E-state index is 16.0. The number of hydrogen-bond acceptors (Lipinski definition) is 6. The number of aromatic nitrogens is 1. The van der Waals surface area contributed by atoms with Gasteiger partial charge < -0.3 is 29.8 Å². The minimum absolute atomic E-state index is 0.0222. The monoisotopic (exact) mass is 674 g/mol. The van der Waals surface area contributed by atoms with E-state index in [1.165, 1.54) is 18.7 Å². The molecule has 12 heteroatoms. The van der Waals surface area contributed by atoms with Crippen LogP contribution in [0.2, 0.25) is 0 Å². The van der Waals surface area contributed by atoms with Crippen molar-refractivity contribution in [3.8, 4) is 5.75 Å². The minimum Gasteiger partial charge on any atom is -0.492 e. The third-order valence-electron chi connectivity index (χ3n) is 8.14. The van der Waals surface area contributed by atoms with Crippen LogP contribution in [-0.4, -0.2) is 83.6 Å². The third-order valence-corrected chi connectivity index (χ3v) is 8.14. The number of benzene rings is 2. The lowest BCUT2D eigenvalue weighted by atomic mass is 9.87. The Hall–Kier alpha value is -3.77. The van der Waals surface area contributed by atoms with Gasteiger partial charge >= 0.3 is 6.09 Å². The van der Waals surface area contributed by atoms with Crippen LogP contribution in [0.1, 0.15) is 83.7 Å². The summed E-state index contributed by atoms with van der Waals surface area (Å²) in [5.74, 6) is -2.17. The number of unbranched alkanes of at least 4 members (excludes halogenated alkanes) is 2. The molecule has 48 heavy (non-hydrogen) atoms. The van der Waals surface area contributed by atoms with E-state index in [2.05, 4.69) is 4.98 Å². The molecule has 2 atom stereocenters. The number of halogens is 3. The fourth-order valence-corrected chi connectivity index (χ4v) is 6.16. The van der Waals surface area contributed by atoms with Crippen LogP contribution in [0.25, 0.3) is 10.9 Å². The number of H-pyrrole nitrogens is 1. The van der Waals surface area contributed by atoms with Crippen LogP contribution in [0.15, 0.2) is 36.4 Å². The summed E-state index contributed by atoms with van der Waals surface area (Å²) in [4.78, 5) is 30.4. The molecule has 2 aromatic carbocycles. The highest BCUT2D eigenvalue weighted by molar-refractivity contribution is 5.85. The zero-order valence-corrected chi connectivity index (χ0v) is 28.8. The van der Waals surface area contributed by atoms with Gasteiger partial charge in [0, 0.05) is 60.0 Å². The van der Waals surface area contributed by atoms with Gasteiger partial charge in [0.05, 0.1) is 12.6 Å². The first-order valence-corrected chi connectivity index (χ1v) is 16.5. The van der Waals surface area contributed by atoms with Gasteiger partial charge in [0.2, 0.25) is 5.91 Å². The molecule has 1 aromatic heterocycles. The summed E-state index contributed by atoms with van der Waals surface area (Å²) in [6.45, 7) is 10.8. The first-order chi connectivity index (χ1) is 22.5. The summed E-state index contributed by atoms with van der Waals surface area (Å²) < 4.78 is 63.7. The molecule has 0 unspecified atom stereocenters. The predicted octanol–water partition coefficient (Wildman–Crippen LogP) is 6.82. The zero-order chi connectivity index (χ0) is 35.2. The number of nitrogens with two attached hydrogens (primary N) is 1. The Balaban J connectivity index is 1.50. The van der Waals surface area contributed by atoms with Crippen LogP contribution >= 0.6 is 0 Å². The summed E-state index contributed by atoms with van der Waals surface area (Å²) in [7, 11) is 0. The summed E-state index contributed by atoms with van der Waals surface area (Å²) >= 11 is 0. The number of primary amides is 1. The van der Waals surface area contributed by atoms with Crippen molar-refractivity contribution in [3.63, 3.8) is 0 Å². The number of hydrogen-bond donors (Lipinski definition) is 2. The Morgan fingerprint density at radius 3 is 2.35 bits per heavy atom. The second kappa shape index (κ2) is 15.6. The van der Waals surface area contributed by atoms with Gasteiger partial charge in [-0.15, -0.1) is 0 Å². The van der Waals surface area contributed by atoms with Gasteiger partial charge in [0.25, 0.3) is 0 Å². The molecular weight excluding hydrogens is 625 g/mol. The first-order valence-electron chi connectivity index (χ1n) is 16.5. The lowest BCUT2D eigenvalue weighted by Crippen LogP contribution is -2.48. The number of amides is 2. The van der Waals surface area contributed by atoms with Gasteiger partial charge in [0.1, 0.15) is 41.9 Å². The summed E-state index contributed by atoms with van der Waals surface area (Å²) in [5, 5.41) is 0.982. The SMILES string of the molecule is C[C@@H]1Cc2c([nH]c3ccccc23)[C@@H](c2c(F)cc(OCCN(CCCCCOCC(N)=O)C(=O)OC(C)(C)C)cc2F)N1CC(C)(C)F. The van der Waals surface area contributed by atoms with Crippen molar-refractivity contribution in [1.29, 1.82) is 0 Å². The number of carbonyl (C=O) groups excluding carboxylic acids is 2. The van der Waals surface area contributed by atoms with Crippen LogP contribution in [0.4, 0.5) is 18.0 Å². The molecule has 1 aliphatic rings. The number of alkyl halides is 1. The quantitative estimate of drug-likeness (QED) is 0.171. The third kappa shape index (κ3) is 9.88. The minimum atomic E-state index is -1.61. The Morgan fingerprint density at radius 1 is 1.02 bits per heavy atom. The molecule has 2 amide bonds. The number of nitrogens with zero attached hydrogens (tertiary/aromatic N) is 2. The Kier molecular flexibility index (Phi) is 12.1. The number of para-hydroxylation sites is 1. The lowest BCUT2D eigenvalue weighted by molar-refractivity contribution is -0.122. The first kappa shape index (κ1) is 37.1. The van der Waals surface area contributed by atoms with Gasteiger partial charge in [-0.2, -0.15) is 0 Å². The predicted molar refractivity (Wildman–Crippen MR) is 179 cm³/mol. The summed E-state index contributed by atoms with van der Waals surface area (Å²) in [6, 6.07) is 8.93. The van der Waals surface area contributed by atoms with E-state index in [0.717, 1.165) is 35.0 Å². The van der Waals surface area contributed by atoms with Crippen LogP contribution in [0.5, 0.6) is 5.75 Å². The van der Waals surface area contributed by atoms with E-state index in [9.17, 15) is 9.59 Å². The maximum Gasteiger partial charge on any atom is 0.410 e. The molecule has 0 spiro atoms. The molecular formula is C36H49F3N4O5. The molecule has 0 aliphatic carbocycles. The molecule has 9 nitrogen and oxygen atoms in total. The van der Waals surface area contributed by atoms with Crippen LogP contribution in [0.3, 0.4) is 0 Å². The molecule has 3 aromatic rings. The largest absolute Gasteiger partial charge is 0.492 e. The average molecular weight is 675 g/mol. The van der Waals surface area contributed by atoms with E-state index in [1.54, 1.807) is 20.8 Å². The molecule has 0 fully saturated rings. The van der Waals surface area contributed by atoms with E-state index < -0.39 is 40.9 Å². The number of fused-ring (bicyclic) bond motifs is 3. The van der Waals surface area contributed by atoms with Crippen molar-refractivity contribution < 1.29 is 37.0 Å². The van der Waals surface area contributed by atoms with Crippen molar-refractivity contribution in [2.75, 3.05) is 39.5 Å². The highest BCUT2D eigenvalue weighted by Crippen LogP contribution is 2.43. The van der Waals surface area contributed by atoms with Gasteiger partial charge in [-0.3, -0.25) is 9.69 Å². The van der Waals surface area contributed by atoms with Crippen molar-refractivity contribution in [3.05, 3.63) is 64.9 Å². The number of carbonyl (C=O) groups is 2. The highest BCUT2D eigenvalue weighted by Gasteiger charge is 2.41. The number of rotatable bonds is 15. The lowest BCUT2D eigenvalue weighted by Gasteiger charge is -2.43. The number of ether oxygens (including phenoxy) is 3. The summed E-state index contributed by atoms with van der Waals surface area (Å²) in [6.07, 6.45) is 2.12. The van der Waals surface area contributed by atoms with Crippen molar-refractivity contribution >= 4 is 22.9 Å². The zero-order valence-electron chi connectivity index (χ0n) is 28.8. The van der Waals surface area contributed by atoms with Gasteiger partial charge in [-0.1, -0.05) is 18.2 Å². The average Bonchev–Trinajstić information content (AvgIpc) is 3.33. The Bertz CT molecular complexity index is 1540. The van der Waals surface area contributed by atoms with E-state index in [0.29, 0.717) is 38.1 Å². The number of nitrogens with one attached hydrogen (secondary N) is 1. The second-order valence-electron chi connectivity index (χ2n) is 14.1. The molecule has 3 N–H and O–H groups in total. The molecule has 0 bridgehead atoms. The summed E-state index contributed by atoms with van der Waals surface area (Å²) in [5.41, 5.74) is 5.05. The van der Waals surface area contributed by atoms with E-state index in [1.807, 2.05) is 36.1 Å². The standard InChI is InChI=1S/C36H49F3N4O5/c1-23-18-26-25-12-8-9-13-29(25)41-32(26)33(43(23)22-36(5,6)39)31-27(37)19-24(20-28(31)38)47-17-15-42(34(45)48-35(2,3)4)14-10-7-11-16-46-21-30(40)44/h8-9,12-13,19-20,23,33,41H,7,10-11,14-18,21-22H2,1-6H3,(H2,40,44)/t23-,33-/m1/s1. The Labute approximate surface area is 280 Å². The highest BCUT2D eigenvalue weighted by atomic mass is 19.1. The van der Waals surface area contributed by atoms with Gasteiger partial charge in [-0.05, 0) is 78.9 Å². The molecule has 0 saturated heterocycles. The molecule has 1 aliphatic heterocycles. The van der Waals surface area contributed by atoms with Crippen molar-refractivity contribution in [2.24, 2.45) is 5.73 Å². The van der Waals surface area contributed by atoms with Gasteiger partial charge in [0.15, 0.2) is 0 Å². The fraction of sp³-hybridized carbons (Fsp3) is 0.556. The van der Waals surface area contributed by atoms with E-state index >= 15 is 13.2 Å². The van der Waals surface area contributed by atoms with Crippen LogP contribution in [-0.2, 0) is 20.7 Å². The van der Waals surface area contributed by atoms with E-state index in [-0.39, 0.29) is 43.7 Å². The van der Waals surface area contributed by atoms with E-state index in [4.69, 9.17) is 19.9 Å². The van der Waals surface area contributed by atoms with Crippen LogP contribution in [0, 0.1) is 11.6 Å². The number of aromatic amines is 1. The molecule has 264 valence electrons. The van der Waals surface area contributed by atoms with Gasteiger partial charge in [-0.25, -0.2) is 18.0 Å². The van der Waals surface area contributed by atoms with Crippen molar-refractivity contribution in [2.45, 2.75) is 90.6 Å². The van der Waals surface area contributed by atoms with Crippen molar-refractivity contribution in [1.82, 2.24) is 14.8 Å². The molecule has 2 heterocycles. The van der Waals surface area contributed by atoms with Crippen LogP contribution < -0.4 is 10.5 Å². The smallest absolute Gasteiger partial charge is 0.410 e. The fourth-order valence-electron chi connectivity index (χ4n) is 6.16. The second-order valence-corrected chi connectivity index (χ2v) is 14.1.